The molecule has 0 fully saturated rings. The predicted molar refractivity (Wildman–Crippen MR) is 207 cm³/mol. The lowest BCUT2D eigenvalue weighted by atomic mass is 9.89. The Morgan fingerprint density at radius 1 is 0.340 bits per heavy atom. The molecule has 0 spiro atoms. The van der Waals surface area contributed by atoms with Crippen LogP contribution in [0.4, 0.5) is 0 Å². The molecule has 0 radical (unpaired) electrons. The maximum Gasteiger partial charge on any atom is 0.160 e. The van der Waals surface area contributed by atoms with Crippen LogP contribution in [-0.4, -0.2) is 15.0 Å². The van der Waals surface area contributed by atoms with E-state index in [-0.39, 0.29) is 0 Å². The minimum absolute atomic E-state index is 0.713. The number of nitrogens with zero attached hydrogens (tertiary/aromatic N) is 3. The maximum atomic E-state index is 5.05. The second-order valence-corrected chi connectivity index (χ2v) is 12.5. The van der Waals surface area contributed by atoms with E-state index in [0.717, 1.165) is 55.7 Å². The fourth-order valence-electron chi connectivity index (χ4n) is 6.77. The molecule has 2 aromatic heterocycles. The molecule has 9 rings (SSSR count). The van der Waals surface area contributed by atoms with Gasteiger partial charge in [-0.25, -0.2) is 9.97 Å². The molecule has 234 valence electrons. The standard InChI is InChI=1S/C47H31N3/c1-3-12-35(13-4-1)44-30-45(50-47(49-44)38-14-5-2-6-15-38)36-23-25-37(26-24-36)46-41-17-9-7-11-33(41)27-28-42(46)34-21-19-32(20-22-34)40-29-39-16-8-10-18-43(39)48-31-40/h1-31H. The highest BCUT2D eigenvalue weighted by atomic mass is 14.9. The van der Waals surface area contributed by atoms with Gasteiger partial charge in [0.15, 0.2) is 5.82 Å². The van der Waals surface area contributed by atoms with Crippen LogP contribution in [0.3, 0.4) is 0 Å². The summed E-state index contributed by atoms with van der Waals surface area (Å²) >= 11 is 0. The van der Waals surface area contributed by atoms with Crippen molar-refractivity contribution in [1.29, 1.82) is 0 Å². The van der Waals surface area contributed by atoms with Gasteiger partial charge < -0.3 is 0 Å². The van der Waals surface area contributed by atoms with Crippen molar-refractivity contribution in [3.63, 3.8) is 0 Å². The predicted octanol–water partition coefficient (Wildman–Crippen LogP) is 12.2. The highest BCUT2D eigenvalue weighted by molar-refractivity contribution is 6.04. The maximum absolute atomic E-state index is 5.05. The van der Waals surface area contributed by atoms with Crippen LogP contribution >= 0.6 is 0 Å². The molecule has 0 bridgehead atoms. The van der Waals surface area contributed by atoms with E-state index in [1.165, 1.54) is 27.5 Å². The van der Waals surface area contributed by atoms with E-state index in [0.29, 0.717) is 5.82 Å². The summed E-state index contributed by atoms with van der Waals surface area (Å²) in [5, 5.41) is 3.58. The summed E-state index contributed by atoms with van der Waals surface area (Å²) < 4.78 is 0. The van der Waals surface area contributed by atoms with Gasteiger partial charge in [-0.15, -0.1) is 0 Å². The molecule has 0 amide bonds. The van der Waals surface area contributed by atoms with Crippen molar-refractivity contribution >= 4 is 21.7 Å². The van der Waals surface area contributed by atoms with E-state index in [2.05, 4.69) is 138 Å². The third kappa shape index (κ3) is 5.61. The van der Waals surface area contributed by atoms with Crippen LogP contribution in [0.5, 0.6) is 0 Å². The van der Waals surface area contributed by atoms with Crippen molar-refractivity contribution in [3.8, 4) is 67.3 Å². The van der Waals surface area contributed by atoms with Crippen molar-refractivity contribution in [1.82, 2.24) is 15.0 Å². The summed E-state index contributed by atoms with van der Waals surface area (Å²) in [7, 11) is 0. The number of para-hydroxylation sites is 1. The topological polar surface area (TPSA) is 38.7 Å². The highest BCUT2D eigenvalue weighted by Gasteiger charge is 2.15. The zero-order valence-electron chi connectivity index (χ0n) is 27.2. The second kappa shape index (κ2) is 12.7. The smallest absolute Gasteiger partial charge is 0.160 e. The van der Waals surface area contributed by atoms with E-state index in [9.17, 15) is 0 Å². The number of aromatic nitrogens is 3. The molecule has 0 aliphatic rings. The van der Waals surface area contributed by atoms with Gasteiger partial charge in [-0.2, -0.15) is 0 Å². The molecule has 0 aliphatic carbocycles. The van der Waals surface area contributed by atoms with E-state index in [4.69, 9.17) is 9.97 Å². The van der Waals surface area contributed by atoms with E-state index < -0.39 is 0 Å². The molecule has 7 aromatic carbocycles. The number of hydrogen-bond donors (Lipinski definition) is 0. The van der Waals surface area contributed by atoms with Crippen molar-refractivity contribution in [2.75, 3.05) is 0 Å². The molecule has 2 heterocycles. The zero-order valence-corrected chi connectivity index (χ0v) is 27.2. The molecule has 0 aliphatic heterocycles. The van der Waals surface area contributed by atoms with Crippen LogP contribution in [0.2, 0.25) is 0 Å². The Hall–Kier alpha value is -6.71. The molecule has 0 atom stereocenters. The summed E-state index contributed by atoms with van der Waals surface area (Å²) in [5.74, 6) is 0.713. The first kappa shape index (κ1) is 29.4. The summed E-state index contributed by atoms with van der Waals surface area (Å²) in [5.41, 5.74) is 12.9. The quantitative estimate of drug-likeness (QED) is 0.182. The second-order valence-electron chi connectivity index (χ2n) is 12.5. The Morgan fingerprint density at radius 2 is 0.900 bits per heavy atom. The molecular formula is C47H31N3. The molecule has 0 saturated heterocycles. The van der Waals surface area contributed by atoms with Gasteiger partial charge in [0.25, 0.3) is 0 Å². The summed E-state index contributed by atoms with van der Waals surface area (Å²) in [4.78, 5) is 14.7. The van der Waals surface area contributed by atoms with E-state index in [1.807, 2.05) is 54.7 Å². The molecule has 3 heteroatoms. The number of fused-ring (bicyclic) bond motifs is 2. The first-order valence-corrected chi connectivity index (χ1v) is 16.8. The van der Waals surface area contributed by atoms with Crippen molar-refractivity contribution in [2.24, 2.45) is 0 Å². The minimum atomic E-state index is 0.713. The SMILES string of the molecule is c1ccc(-c2cc(-c3ccc(-c4c(-c5ccc(-c6cnc7ccccc7c6)cc5)ccc5ccccc45)cc3)nc(-c3ccccc3)n2)cc1. The van der Waals surface area contributed by atoms with Gasteiger partial charge in [0, 0.05) is 33.8 Å². The molecular weight excluding hydrogens is 607 g/mol. The normalized spacial score (nSPS) is 11.2. The van der Waals surface area contributed by atoms with Gasteiger partial charge in [-0.05, 0) is 56.8 Å². The van der Waals surface area contributed by atoms with Crippen LogP contribution in [0.25, 0.3) is 89.0 Å². The number of pyridine rings is 1. The average molecular weight is 638 g/mol. The minimum Gasteiger partial charge on any atom is -0.256 e. The number of rotatable bonds is 6. The first-order chi connectivity index (χ1) is 24.8. The number of benzene rings is 7. The van der Waals surface area contributed by atoms with E-state index in [1.54, 1.807) is 0 Å². The van der Waals surface area contributed by atoms with Crippen LogP contribution in [0.1, 0.15) is 0 Å². The Morgan fingerprint density at radius 3 is 1.64 bits per heavy atom. The molecule has 3 nitrogen and oxygen atoms in total. The van der Waals surface area contributed by atoms with Crippen LogP contribution < -0.4 is 0 Å². The molecule has 0 N–H and O–H groups in total. The van der Waals surface area contributed by atoms with Gasteiger partial charge in [0.05, 0.1) is 16.9 Å². The summed E-state index contributed by atoms with van der Waals surface area (Å²) in [6, 6.07) is 63.8. The van der Waals surface area contributed by atoms with Gasteiger partial charge in [-0.1, -0.05) is 164 Å². The lowest BCUT2D eigenvalue weighted by Gasteiger charge is -2.15. The van der Waals surface area contributed by atoms with Gasteiger partial charge in [0.2, 0.25) is 0 Å². The van der Waals surface area contributed by atoms with Gasteiger partial charge in [0.1, 0.15) is 0 Å². The van der Waals surface area contributed by atoms with Gasteiger partial charge in [-0.3, -0.25) is 4.98 Å². The van der Waals surface area contributed by atoms with Crippen LogP contribution in [0, 0.1) is 0 Å². The van der Waals surface area contributed by atoms with Gasteiger partial charge >= 0.3 is 0 Å². The third-order valence-electron chi connectivity index (χ3n) is 9.35. The van der Waals surface area contributed by atoms with Crippen LogP contribution in [0.15, 0.2) is 188 Å². The number of hydrogen-bond acceptors (Lipinski definition) is 3. The Balaban J connectivity index is 1.12. The molecule has 9 aromatic rings. The summed E-state index contributed by atoms with van der Waals surface area (Å²) in [6.07, 6.45) is 1.96. The van der Waals surface area contributed by atoms with Crippen LogP contribution in [-0.2, 0) is 0 Å². The monoisotopic (exact) mass is 637 g/mol. The molecule has 50 heavy (non-hydrogen) atoms. The third-order valence-corrected chi connectivity index (χ3v) is 9.35. The largest absolute Gasteiger partial charge is 0.256 e. The van der Waals surface area contributed by atoms with E-state index >= 15 is 0 Å². The van der Waals surface area contributed by atoms with Crippen molar-refractivity contribution in [2.45, 2.75) is 0 Å². The zero-order chi connectivity index (χ0) is 33.3. The summed E-state index contributed by atoms with van der Waals surface area (Å²) in [6.45, 7) is 0. The Bertz CT molecular complexity index is 2550. The van der Waals surface area contributed by atoms with Crippen molar-refractivity contribution in [3.05, 3.63) is 188 Å². The fraction of sp³-hybridized carbons (Fsp3) is 0. The molecule has 0 saturated carbocycles. The first-order valence-electron chi connectivity index (χ1n) is 16.8. The Labute approximate surface area is 291 Å². The highest BCUT2D eigenvalue weighted by Crippen LogP contribution is 2.40. The average Bonchev–Trinajstić information content (AvgIpc) is 3.21. The Kier molecular flexibility index (Phi) is 7.49. The lowest BCUT2D eigenvalue weighted by Crippen LogP contribution is -1.96. The fourth-order valence-corrected chi connectivity index (χ4v) is 6.77. The van der Waals surface area contributed by atoms with Crippen molar-refractivity contribution < 1.29 is 0 Å². The lowest BCUT2D eigenvalue weighted by molar-refractivity contribution is 1.18. The molecule has 0 unspecified atom stereocenters.